The van der Waals surface area contributed by atoms with Crippen LogP contribution in [0.5, 0.6) is 0 Å². The van der Waals surface area contributed by atoms with E-state index in [0.29, 0.717) is 0 Å². The molecule has 0 N–H and O–H groups in total. The number of aromatic nitrogens is 2. The first-order chi connectivity index (χ1) is 20.1. The molecule has 1 aliphatic rings. The molecule has 1 aromatic heterocycles. The Morgan fingerprint density at radius 3 is 1.88 bits per heavy atom. The summed E-state index contributed by atoms with van der Waals surface area (Å²) in [7, 11) is 0. The van der Waals surface area contributed by atoms with E-state index >= 15 is 0 Å². The van der Waals surface area contributed by atoms with E-state index in [9.17, 15) is 0 Å². The summed E-state index contributed by atoms with van der Waals surface area (Å²) in [6.07, 6.45) is 5.46. The van der Waals surface area contributed by atoms with Crippen LogP contribution >= 0.6 is 0 Å². The highest BCUT2D eigenvalue weighted by atomic mass is 14.8. The number of hydrogen-bond acceptors (Lipinski definition) is 2. The van der Waals surface area contributed by atoms with Crippen molar-refractivity contribution in [3.8, 4) is 44.5 Å². The summed E-state index contributed by atoms with van der Waals surface area (Å²) in [6, 6.07) is 42.2. The molecule has 0 saturated carbocycles. The minimum atomic E-state index is -0.0654. The van der Waals surface area contributed by atoms with Gasteiger partial charge in [-0.25, -0.2) is 9.97 Å². The summed E-state index contributed by atoms with van der Waals surface area (Å²) in [5.41, 5.74) is 12.6. The molecule has 0 saturated heterocycles. The lowest BCUT2D eigenvalue weighted by atomic mass is 9.80. The van der Waals surface area contributed by atoms with Crippen molar-refractivity contribution in [3.63, 3.8) is 0 Å². The molecule has 0 bridgehead atoms. The molecule has 0 unspecified atom stereocenters. The van der Waals surface area contributed by atoms with Crippen LogP contribution in [0.15, 0.2) is 134 Å². The maximum Gasteiger partial charge on any atom is 0.115 e. The van der Waals surface area contributed by atoms with Gasteiger partial charge in [0.15, 0.2) is 0 Å². The fourth-order valence-electron chi connectivity index (χ4n) is 6.98. The first kappa shape index (κ1) is 23.8. The summed E-state index contributed by atoms with van der Waals surface area (Å²) in [4.78, 5) is 8.80. The largest absolute Gasteiger partial charge is 0.244 e. The average molecular weight is 525 g/mol. The lowest BCUT2D eigenvalue weighted by Gasteiger charge is -2.23. The van der Waals surface area contributed by atoms with E-state index in [1.807, 2.05) is 12.4 Å². The zero-order chi connectivity index (χ0) is 27.6. The van der Waals surface area contributed by atoms with Crippen molar-refractivity contribution in [2.75, 3.05) is 0 Å². The molecule has 2 nitrogen and oxygen atoms in total. The summed E-state index contributed by atoms with van der Waals surface area (Å²) in [5, 5.41) is 4.89. The molecule has 0 aliphatic heterocycles. The number of fused-ring (bicyclic) bond motifs is 5. The normalized spacial score (nSPS) is 13.3. The lowest BCUT2D eigenvalue weighted by Crippen LogP contribution is -2.14. The van der Waals surface area contributed by atoms with Crippen LogP contribution in [0.25, 0.3) is 66.1 Å². The van der Waals surface area contributed by atoms with Gasteiger partial charge in [-0.15, -0.1) is 0 Å². The molecule has 0 radical (unpaired) electrons. The van der Waals surface area contributed by atoms with Gasteiger partial charge in [-0.2, -0.15) is 0 Å². The van der Waals surface area contributed by atoms with E-state index in [1.54, 1.807) is 6.33 Å². The van der Waals surface area contributed by atoms with Crippen molar-refractivity contribution in [2.24, 2.45) is 0 Å². The molecular weight excluding hydrogens is 496 g/mol. The molecule has 1 aliphatic carbocycles. The van der Waals surface area contributed by atoms with Crippen LogP contribution in [0.2, 0.25) is 0 Å². The number of rotatable bonds is 3. The number of hydrogen-bond donors (Lipinski definition) is 0. The number of nitrogens with zero attached hydrogens (tertiary/aromatic N) is 2. The Hall–Kier alpha value is -5.08. The highest BCUT2D eigenvalue weighted by molar-refractivity contribution is 6.23. The minimum absolute atomic E-state index is 0.0654. The molecule has 41 heavy (non-hydrogen) atoms. The molecule has 0 amide bonds. The third-order valence-electron chi connectivity index (χ3n) is 8.86. The second-order valence-corrected chi connectivity index (χ2v) is 11.4. The van der Waals surface area contributed by atoms with Gasteiger partial charge in [0.2, 0.25) is 0 Å². The van der Waals surface area contributed by atoms with Gasteiger partial charge in [-0.1, -0.05) is 123 Å². The predicted molar refractivity (Wildman–Crippen MR) is 171 cm³/mol. The van der Waals surface area contributed by atoms with Gasteiger partial charge in [0.1, 0.15) is 6.33 Å². The summed E-state index contributed by atoms with van der Waals surface area (Å²) in [5.74, 6) is 0. The van der Waals surface area contributed by atoms with Gasteiger partial charge in [-0.05, 0) is 72.1 Å². The Bertz CT molecular complexity index is 2110. The Morgan fingerprint density at radius 2 is 1.07 bits per heavy atom. The van der Waals surface area contributed by atoms with Crippen LogP contribution in [0.4, 0.5) is 0 Å². The lowest BCUT2D eigenvalue weighted by molar-refractivity contribution is 0.660. The van der Waals surface area contributed by atoms with E-state index in [1.165, 1.54) is 71.6 Å². The first-order valence-electron chi connectivity index (χ1n) is 14.2. The molecule has 0 fully saturated rings. The fraction of sp³-hybridized carbons (Fsp3) is 0.0769. The molecular formula is C39H28N2. The quantitative estimate of drug-likeness (QED) is 0.215. The van der Waals surface area contributed by atoms with Crippen LogP contribution in [0.1, 0.15) is 25.0 Å². The topological polar surface area (TPSA) is 25.8 Å². The van der Waals surface area contributed by atoms with Gasteiger partial charge in [0.25, 0.3) is 0 Å². The van der Waals surface area contributed by atoms with Gasteiger partial charge < -0.3 is 0 Å². The summed E-state index contributed by atoms with van der Waals surface area (Å²) < 4.78 is 0. The Labute approximate surface area is 240 Å². The van der Waals surface area contributed by atoms with Crippen LogP contribution in [-0.4, -0.2) is 9.97 Å². The first-order valence-corrected chi connectivity index (χ1v) is 14.2. The highest BCUT2D eigenvalue weighted by Crippen LogP contribution is 2.54. The van der Waals surface area contributed by atoms with Crippen molar-refractivity contribution in [1.82, 2.24) is 9.97 Å². The third kappa shape index (κ3) is 3.50. The van der Waals surface area contributed by atoms with Gasteiger partial charge >= 0.3 is 0 Å². The molecule has 2 heteroatoms. The Balaban J connectivity index is 1.56. The van der Waals surface area contributed by atoms with Crippen molar-refractivity contribution in [1.29, 1.82) is 0 Å². The molecule has 8 rings (SSSR count). The van der Waals surface area contributed by atoms with Crippen molar-refractivity contribution in [3.05, 3.63) is 145 Å². The number of benzene rings is 6. The van der Waals surface area contributed by atoms with E-state index in [0.717, 1.165) is 5.56 Å². The molecule has 0 spiro atoms. The van der Waals surface area contributed by atoms with Crippen LogP contribution in [0.3, 0.4) is 0 Å². The monoisotopic (exact) mass is 524 g/mol. The van der Waals surface area contributed by atoms with Gasteiger partial charge in [-0.3, -0.25) is 0 Å². The second-order valence-electron chi connectivity index (χ2n) is 11.4. The van der Waals surface area contributed by atoms with Gasteiger partial charge in [0.05, 0.1) is 0 Å². The maximum atomic E-state index is 4.40. The summed E-state index contributed by atoms with van der Waals surface area (Å²) >= 11 is 0. The zero-order valence-electron chi connectivity index (χ0n) is 23.1. The minimum Gasteiger partial charge on any atom is -0.244 e. The smallest absolute Gasteiger partial charge is 0.115 e. The molecule has 194 valence electrons. The molecule has 1 heterocycles. The van der Waals surface area contributed by atoms with E-state index in [2.05, 4.69) is 139 Å². The average Bonchev–Trinajstić information content (AvgIpc) is 3.27. The van der Waals surface area contributed by atoms with Crippen molar-refractivity contribution in [2.45, 2.75) is 19.3 Å². The van der Waals surface area contributed by atoms with Crippen LogP contribution < -0.4 is 0 Å². The van der Waals surface area contributed by atoms with Gasteiger partial charge in [0, 0.05) is 28.9 Å². The van der Waals surface area contributed by atoms with Crippen LogP contribution in [0, 0.1) is 0 Å². The predicted octanol–water partition coefficient (Wildman–Crippen LogP) is 10.1. The maximum absolute atomic E-state index is 4.40. The van der Waals surface area contributed by atoms with E-state index in [4.69, 9.17) is 0 Å². The third-order valence-corrected chi connectivity index (χ3v) is 8.86. The van der Waals surface area contributed by atoms with Crippen molar-refractivity contribution >= 4 is 21.5 Å². The zero-order valence-corrected chi connectivity index (χ0v) is 23.1. The fourth-order valence-corrected chi connectivity index (χ4v) is 6.98. The van der Waals surface area contributed by atoms with Crippen molar-refractivity contribution < 1.29 is 0 Å². The highest BCUT2D eigenvalue weighted by Gasteiger charge is 2.37. The SMILES string of the molecule is CC1(C)c2ccccc2-c2c(-c3c4ccccc4c(-c4cncnc4)c4ccc(-c5ccccc5)cc34)cccc21. The Morgan fingerprint density at radius 1 is 0.439 bits per heavy atom. The standard InChI is InChI=1S/C39H28N2/c1-39(2)34-17-9-8-15-31(34)38-32(16-10-18-35(38)39)37-29-14-7-6-13-28(29)36(27-22-40-24-41-23-27)30-20-19-26(21-33(30)37)25-11-4-3-5-12-25/h3-24H,1-2H3. The molecule has 7 aromatic rings. The van der Waals surface area contributed by atoms with E-state index in [-0.39, 0.29) is 5.41 Å². The molecule has 6 aromatic carbocycles. The summed E-state index contributed by atoms with van der Waals surface area (Å²) in [6.45, 7) is 4.70. The Kier molecular flexibility index (Phi) is 5.20. The second kappa shape index (κ2) is 8.97. The molecule has 0 atom stereocenters. The van der Waals surface area contributed by atoms with E-state index < -0.39 is 0 Å². The van der Waals surface area contributed by atoms with Crippen LogP contribution in [-0.2, 0) is 5.41 Å².